The number of thioether (sulfide) groups is 1. The Morgan fingerprint density at radius 2 is 1.71 bits per heavy atom. The summed E-state index contributed by atoms with van der Waals surface area (Å²) in [7, 11) is 0. The van der Waals surface area contributed by atoms with Gasteiger partial charge in [-0.2, -0.15) is 0 Å². The van der Waals surface area contributed by atoms with Gasteiger partial charge in [-0.3, -0.25) is 9.36 Å². The van der Waals surface area contributed by atoms with Gasteiger partial charge in [0, 0.05) is 25.0 Å². The molecule has 0 saturated carbocycles. The van der Waals surface area contributed by atoms with Gasteiger partial charge in [0.05, 0.1) is 31.2 Å². The van der Waals surface area contributed by atoms with Crippen molar-refractivity contribution in [1.29, 1.82) is 0 Å². The van der Waals surface area contributed by atoms with Gasteiger partial charge in [0.25, 0.3) is 0 Å². The van der Waals surface area contributed by atoms with Crippen LogP contribution in [0.3, 0.4) is 0 Å². The van der Waals surface area contributed by atoms with Crippen LogP contribution >= 0.6 is 11.8 Å². The molecule has 0 unspecified atom stereocenters. The summed E-state index contributed by atoms with van der Waals surface area (Å²) in [6.07, 6.45) is 0. The van der Waals surface area contributed by atoms with E-state index >= 15 is 0 Å². The summed E-state index contributed by atoms with van der Waals surface area (Å²) in [5.41, 5.74) is 2.11. The van der Waals surface area contributed by atoms with Gasteiger partial charge in [0.15, 0.2) is 5.16 Å². The van der Waals surface area contributed by atoms with E-state index in [2.05, 4.69) is 50.0 Å². The molecule has 7 nitrogen and oxygen atoms in total. The van der Waals surface area contributed by atoms with Crippen LogP contribution in [0.2, 0.25) is 0 Å². The predicted molar refractivity (Wildman–Crippen MR) is 141 cm³/mol. The number of hydrogen-bond acceptors (Lipinski definition) is 6. The number of benzene rings is 3. The van der Waals surface area contributed by atoms with Gasteiger partial charge in [-0.25, -0.2) is 0 Å². The second-order valence-electron chi connectivity index (χ2n) is 8.38. The lowest BCUT2D eigenvalue weighted by atomic mass is 10.1. The van der Waals surface area contributed by atoms with E-state index in [4.69, 9.17) is 4.74 Å². The van der Waals surface area contributed by atoms with Crippen LogP contribution in [0.15, 0.2) is 78.0 Å². The predicted octanol–water partition coefficient (Wildman–Crippen LogP) is 4.46. The van der Waals surface area contributed by atoms with Crippen molar-refractivity contribution in [1.82, 2.24) is 14.8 Å². The molecular weight excluding hydrogens is 458 g/mol. The molecule has 1 aromatic heterocycles. The Morgan fingerprint density at radius 1 is 0.971 bits per heavy atom. The summed E-state index contributed by atoms with van der Waals surface area (Å²) in [5.74, 6) is 1.16. The van der Waals surface area contributed by atoms with E-state index in [1.165, 1.54) is 17.3 Å². The molecule has 4 aromatic rings. The van der Waals surface area contributed by atoms with Gasteiger partial charge in [-0.05, 0) is 23.9 Å². The fraction of sp³-hybridized carbons (Fsp3) is 0.296. The van der Waals surface area contributed by atoms with Gasteiger partial charge >= 0.3 is 0 Å². The first kappa shape index (κ1) is 23.4. The highest BCUT2D eigenvalue weighted by molar-refractivity contribution is 7.99. The number of aromatic nitrogens is 3. The van der Waals surface area contributed by atoms with Gasteiger partial charge in [0.2, 0.25) is 11.9 Å². The van der Waals surface area contributed by atoms with Crippen molar-refractivity contribution < 1.29 is 9.53 Å². The van der Waals surface area contributed by atoms with E-state index < -0.39 is 0 Å². The summed E-state index contributed by atoms with van der Waals surface area (Å²) in [5, 5.41) is 12.0. The normalized spacial score (nSPS) is 13.8. The molecule has 0 radical (unpaired) electrons. The molecular formula is C27H29N5O2S. The number of carbonyl (C=O) groups is 1. The highest BCUT2D eigenvalue weighted by atomic mass is 32.2. The number of carbonyl (C=O) groups excluding carboxylic acids is 1. The van der Waals surface area contributed by atoms with Crippen molar-refractivity contribution in [3.63, 3.8) is 0 Å². The average Bonchev–Trinajstić information content (AvgIpc) is 3.31. The molecule has 180 valence electrons. The topological polar surface area (TPSA) is 63.5 Å². The van der Waals surface area contributed by atoms with Gasteiger partial charge in [0.1, 0.15) is 0 Å². The SMILES string of the molecule is CCN(C(=O)CSc1nnc(N2CCOCC2)n1Cc1ccccc1)c1cccc2ccccc12. The molecule has 1 aliphatic rings. The van der Waals surface area contributed by atoms with Crippen molar-refractivity contribution in [3.05, 3.63) is 78.4 Å². The largest absolute Gasteiger partial charge is 0.378 e. The Balaban J connectivity index is 1.38. The molecule has 35 heavy (non-hydrogen) atoms. The third-order valence-electron chi connectivity index (χ3n) is 6.17. The van der Waals surface area contributed by atoms with Gasteiger partial charge in [-0.15, -0.1) is 10.2 Å². The number of fused-ring (bicyclic) bond motifs is 1. The third kappa shape index (κ3) is 5.18. The van der Waals surface area contributed by atoms with Gasteiger partial charge < -0.3 is 14.5 Å². The van der Waals surface area contributed by atoms with Crippen molar-refractivity contribution in [3.8, 4) is 0 Å². The molecule has 2 heterocycles. The van der Waals surface area contributed by atoms with Gasteiger partial charge in [-0.1, -0.05) is 78.5 Å². The van der Waals surface area contributed by atoms with Crippen LogP contribution in [0.25, 0.3) is 10.8 Å². The number of nitrogens with zero attached hydrogens (tertiary/aromatic N) is 5. The first-order valence-corrected chi connectivity index (χ1v) is 12.9. The van der Waals surface area contributed by atoms with E-state index in [0.29, 0.717) is 26.3 Å². The minimum Gasteiger partial charge on any atom is -0.378 e. The van der Waals surface area contributed by atoms with Crippen LogP contribution in [-0.2, 0) is 16.1 Å². The number of amides is 1. The maximum atomic E-state index is 13.4. The molecule has 1 amide bonds. The zero-order valence-corrected chi connectivity index (χ0v) is 20.7. The molecule has 1 fully saturated rings. The first-order valence-electron chi connectivity index (χ1n) is 12.0. The first-order chi connectivity index (χ1) is 17.2. The molecule has 0 atom stereocenters. The Bertz CT molecular complexity index is 1280. The lowest BCUT2D eigenvalue weighted by Gasteiger charge is -2.28. The Hall–Kier alpha value is -3.36. The quantitative estimate of drug-likeness (QED) is 0.342. The monoisotopic (exact) mass is 487 g/mol. The van der Waals surface area contributed by atoms with E-state index in [1.54, 1.807) is 0 Å². The van der Waals surface area contributed by atoms with Crippen molar-refractivity contribution in [2.75, 3.05) is 48.4 Å². The number of anilines is 2. The fourth-order valence-electron chi connectivity index (χ4n) is 4.42. The molecule has 0 aliphatic carbocycles. The number of ether oxygens (including phenoxy) is 1. The smallest absolute Gasteiger partial charge is 0.237 e. The summed E-state index contributed by atoms with van der Waals surface area (Å²) in [4.78, 5) is 17.5. The Morgan fingerprint density at radius 3 is 2.51 bits per heavy atom. The molecule has 1 saturated heterocycles. The number of morpholine rings is 1. The molecule has 0 N–H and O–H groups in total. The highest BCUT2D eigenvalue weighted by Gasteiger charge is 2.23. The highest BCUT2D eigenvalue weighted by Crippen LogP contribution is 2.29. The maximum absolute atomic E-state index is 13.4. The lowest BCUT2D eigenvalue weighted by Crippen LogP contribution is -2.38. The molecule has 0 bridgehead atoms. The van der Waals surface area contributed by atoms with E-state index in [-0.39, 0.29) is 11.7 Å². The minimum atomic E-state index is 0.0519. The second-order valence-corrected chi connectivity index (χ2v) is 9.32. The molecule has 3 aromatic carbocycles. The van der Waals surface area contributed by atoms with Crippen LogP contribution in [0.5, 0.6) is 0 Å². The zero-order valence-electron chi connectivity index (χ0n) is 19.8. The van der Waals surface area contributed by atoms with Crippen LogP contribution in [0.4, 0.5) is 11.6 Å². The number of rotatable bonds is 8. The van der Waals surface area contributed by atoms with Crippen molar-refractivity contribution >= 4 is 40.1 Å². The lowest BCUT2D eigenvalue weighted by molar-refractivity contribution is -0.116. The fourth-order valence-corrected chi connectivity index (χ4v) is 5.23. The summed E-state index contributed by atoms with van der Waals surface area (Å²) in [6, 6.07) is 24.6. The maximum Gasteiger partial charge on any atom is 0.237 e. The van der Waals surface area contributed by atoms with Crippen LogP contribution in [-0.4, -0.2) is 59.3 Å². The van der Waals surface area contributed by atoms with Crippen LogP contribution in [0, 0.1) is 0 Å². The van der Waals surface area contributed by atoms with E-state index in [0.717, 1.165) is 40.7 Å². The molecule has 0 spiro atoms. The minimum absolute atomic E-state index is 0.0519. The summed E-state index contributed by atoms with van der Waals surface area (Å²) in [6.45, 7) is 6.17. The zero-order chi connectivity index (χ0) is 24.0. The van der Waals surface area contributed by atoms with Crippen LogP contribution in [0.1, 0.15) is 12.5 Å². The summed E-state index contributed by atoms with van der Waals surface area (Å²) < 4.78 is 7.64. The Kier molecular flexibility index (Phi) is 7.30. The van der Waals surface area contributed by atoms with E-state index in [1.807, 2.05) is 54.3 Å². The van der Waals surface area contributed by atoms with Crippen LogP contribution < -0.4 is 9.80 Å². The summed E-state index contributed by atoms with van der Waals surface area (Å²) >= 11 is 1.44. The Labute approximate surface area is 209 Å². The third-order valence-corrected chi connectivity index (χ3v) is 7.13. The molecule has 8 heteroatoms. The molecule has 5 rings (SSSR count). The average molecular weight is 488 g/mol. The second kappa shape index (κ2) is 10.9. The number of hydrogen-bond donors (Lipinski definition) is 0. The molecule has 1 aliphatic heterocycles. The standard InChI is InChI=1S/C27H29N5O2S/c1-2-31(24-14-8-12-22-11-6-7-13-23(22)24)25(33)20-35-27-29-28-26(30-15-17-34-18-16-30)32(27)19-21-9-4-3-5-10-21/h3-14H,2,15-20H2,1H3. The van der Waals surface area contributed by atoms with E-state index in [9.17, 15) is 4.79 Å². The van der Waals surface area contributed by atoms with Crippen molar-refractivity contribution in [2.24, 2.45) is 0 Å². The van der Waals surface area contributed by atoms with Crippen molar-refractivity contribution in [2.45, 2.75) is 18.6 Å².